The molecule has 25 heavy (non-hydrogen) atoms. The van der Waals surface area contributed by atoms with Crippen molar-refractivity contribution in [3.8, 4) is 0 Å². The van der Waals surface area contributed by atoms with E-state index in [1.807, 2.05) is 17.0 Å². The topological polar surface area (TPSA) is 32.3 Å². The zero-order valence-corrected chi connectivity index (χ0v) is 15.2. The van der Waals surface area contributed by atoms with Crippen LogP contribution in [0.1, 0.15) is 29.2 Å². The molecule has 1 amide bonds. The monoisotopic (exact) mass is 362 g/mol. The Hall–Kier alpha value is -1.91. The largest absolute Gasteiger partial charge is 0.333 e. The Morgan fingerprint density at radius 2 is 2.04 bits per heavy atom. The number of carbonyl (C=O) groups excluding carboxylic acids is 1. The lowest BCUT2D eigenvalue weighted by atomic mass is 10.0. The van der Waals surface area contributed by atoms with E-state index in [1.54, 1.807) is 6.07 Å². The molecule has 1 saturated heterocycles. The van der Waals surface area contributed by atoms with Gasteiger partial charge in [-0.25, -0.2) is 4.39 Å². The van der Waals surface area contributed by atoms with E-state index in [0.717, 1.165) is 18.5 Å². The SMILES string of the molecule is Cc1cccc(CCC(=O)N2CCNCC2c2cccc(F)c2)c1.Cl. The maximum Gasteiger partial charge on any atom is 0.223 e. The van der Waals surface area contributed by atoms with Crippen molar-refractivity contribution in [2.45, 2.75) is 25.8 Å². The fraction of sp³-hybridized carbons (Fsp3) is 0.350. The summed E-state index contributed by atoms with van der Waals surface area (Å²) in [4.78, 5) is 14.6. The number of hydrogen-bond acceptors (Lipinski definition) is 2. The Morgan fingerprint density at radius 3 is 2.80 bits per heavy atom. The number of benzene rings is 2. The van der Waals surface area contributed by atoms with Gasteiger partial charge in [0.25, 0.3) is 0 Å². The molecule has 1 heterocycles. The molecule has 0 bridgehead atoms. The van der Waals surface area contributed by atoms with Crippen molar-refractivity contribution in [2.75, 3.05) is 19.6 Å². The van der Waals surface area contributed by atoms with Gasteiger partial charge in [-0.15, -0.1) is 12.4 Å². The first-order valence-electron chi connectivity index (χ1n) is 8.45. The molecule has 3 rings (SSSR count). The minimum absolute atomic E-state index is 0. The van der Waals surface area contributed by atoms with Crippen LogP contribution in [0.25, 0.3) is 0 Å². The first kappa shape index (κ1) is 19.4. The summed E-state index contributed by atoms with van der Waals surface area (Å²) in [5, 5.41) is 3.30. The molecule has 0 radical (unpaired) electrons. The summed E-state index contributed by atoms with van der Waals surface area (Å²) >= 11 is 0. The Labute approximate surface area is 154 Å². The molecule has 0 aromatic heterocycles. The van der Waals surface area contributed by atoms with Crippen LogP contribution in [0.4, 0.5) is 4.39 Å². The molecule has 1 unspecified atom stereocenters. The van der Waals surface area contributed by atoms with Crippen molar-refractivity contribution >= 4 is 18.3 Å². The lowest BCUT2D eigenvalue weighted by molar-refractivity contribution is -0.134. The lowest BCUT2D eigenvalue weighted by Gasteiger charge is -2.36. The maximum absolute atomic E-state index is 13.5. The van der Waals surface area contributed by atoms with Gasteiger partial charge in [-0.05, 0) is 36.6 Å². The molecule has 5 heteroatoms. The van der Waals surface area contributed by atoms with Gasteiger partial charge in [0.05, 0.1) is 6.04 Å². The molecule has 3 nitrogen and oxygen atoms in total. The van der Waals surface area contributed by atoms with E-state index < -0.39 is 0 Å². The third-order valence-corrected chi connectivity index (χ3v) is 4.51. The highest BCUT2D eigenvalue weighted by atomic mass is 35.5. The number of piperazine rings is 1. The second kappa shape index (κ2) is 8.97. The minimum atomic E-state index is -0.259. The molecule has 1 N–H and O–H groups in total. The van der Waals surface area contributed by atoms with Gasteiger partial charge in [-0.2, -0.15) is 0 Å². The predicted octanol–water partition coefficient (Wildman–Crippen LogP) is 3.66. The molecule has 1 aliphatic rings. The first-order chi connectivity index (χ1) is 11.6. The zero-order chi connectivity index (χ0) is 16.9. The maximum atomic E-state index is 13.5. The smallest absolute Gasteiger partial charge is 0.223 e. The van der Waals surface area contributed by atoms with Crippen molar-refractivity contribution in [3.63, 3.8) is 0 Å². The van der Waals surface area contributed by atoms with E-state index in [-0.39, 0.29) is 30.2 Å². The van der Waals surface area contributed by atoms with Crippen LogP contribution in [0.15, 0.2) is 48.5 Å². The van der Waals surface area contributed by atoms with Crippen LogP contribution in [0.2, 0.25) is 0 Å². The van der Waals surface area contributed by atoms with Gasteiger partial charge in [0.1, 0.15) is 5.82 Å². The predicted molar refractivity (Wildman–Crippen MR) is 100 cm³/mol. The molecular formula is C20H24ClFN2O. The standard InChI is InChI=1S/C20H23FN2O.ClH/c1-15-4-2-5-16(12-15)8-9-20(24)23-11-10-22-14-19(23)17-6-3-7-18(21)13-17;/h2-7,12-13,19,22H,8-11,14H2,1H3;1H. The van der Waals surface area contributed by atoms with Gasteiger partial charge in [0.2, 0.25) is 5.91 Å². The average Bonchev–Trinajstić information content (AvgIpc) is 2.60. The summed E-state index contributed by atoms with van der Waals surface area (Å²) in [6, 6.07) is 14.7. The van der Waals surface area contributed by atoms with Crippen LogP contribution >= 0.6 is 12.4 Å². The van der Waals surface area contributed by atoms with Crippen molar-refractivity contribution in [2.24, 2.45) is 0 Å². The van der Waals surface area contributed by atoms with Crippen molar-refractivity contribution in [1.82, 2.24) is 10.2 Å². The number of amides is 1. The van der Waals surface area contributed by atoms with E-state index in [1.165, 1.54) is 23.3 Å². The van der Waals surface area contributed by atoms with Gasteiger partial charge in [0.15, 0.2) is 0 Å². The minimum Gasteiger partial charge on any atom is -0.333 e. The summed E-state index contributed by atoms with van der Waals surface area (Å²) in [6.45, 7) is 4.16. The van der Waals surface area contributed by atoms with Crippen molar-refractivity contribution in [1.29, 1.82) is 0 Å². The Kier molecular flexibility index (Phi) is 6.97. The molecule has 0 saturated carbocycles. The highest BCUT2D eigenvalue weighted by molar-refractivity contribution is 5.85. The molecule has 1 atom stereocenters. The molecule has 2 aromatic rings. The number of carbonyl (C=O) groups is 1. The van der Waals surface area contributed by atoms with Crippen molar-refractivity contribution in [3.05, 3.63) is 71.0 Å². The molecule has 1 aliphatic heterocycles. The molecule has 134 valence electrons. The molecule has 2 aromatic carbocycles. The molecule has 0 aliphatic carbocycles. The van der Waals surface area contributed by atoms with E-state index in [2.05, 4.69) is 30.4 Å². The molecule has 1 fully saturated rings. The van der Waals surface area contributed by atoms with Crippen LogP contribution in [-0.2, 0) is 11.2 Å². The summed E-state index contributed by atoms with van der Waals surface area (Å²) < 4.78 is 13.5. The zero-order valence-electron chi connectivity index (χ0n) is 14.4. The quantitative estimate of drug-likeness (QED) is 0.900. The second-order valence-corrected chi connectivity index (χ2v) is 6.35. The number of nitrogens with zero attached hydrogens (tertiary/aromatic N) is 1. The molecular weight excluding hydrogens is 339 g/mol. The van der Waals surface area contributed by atoms with Gasteiger partial charge < -0.3 is 10.2 Å². The summed E-state index contributed by atoms with van der Waals surface area (Å²) in [5.41, 5.74) is 3.24. The van der Waals surface area contributed by atoms with Crippen LogP contribution in [0, 0.1) is 12.7 Å². The van der Waals surface area contributed by atoms with Gasteiger partial charge >= 0.3 is 0 Å². The highest BCUT2D eigenvalue weighted by Crippen LogP contribution is 2.24. The van der Waals surface area contributed by atoms with Crippen LogP contribution in [0.5, 0.6) is 0 Å². The molecule has 0 spiro atoms. The number of nitrogens with one attached hydrogen (secondary N) is 1. The number of aryl methyl sites for hydroxylation is 2. The van der Waals surface area contributed by atoms with Gasteiger partial charge in [-0.1, -0.05) is 42.0 Å². The Bertz CT molecular complexity index is 722. The fourth-order valence-electron chi connectivity index (χ4n) is 3.28. The van der Waals surface area contributed by atoms with Crippen molar-refractivity contribution < 1.29 is 9.18 Å². The fourth-order valence-corrected chi connectivity index (χ4v) is 3.28. The number of halogens is 2. The summed E-state index contributed by atoms with van der Waals surface area (Å²) in [5.74, 6) is -0.127. The Balaban J connectivity index is 0.00000225. The summed E-state index contributed by atoms with van der Waals surface area (Å²) in [7, 11) is 0. The Morgan fingerprint density at radius 1 is 1.24 bits per heavy atom. The highest BCUT2D eigenvalue weighted by Gasteiger charge is 2.27. The van der Waals surface area contributed by atoms with Gasteiger partial charge in [0, 0.05) is 26.1 Å². The van der Waals surface area contributed by atoms with E-state index in [9.17, 15) is 9.18 Å². The first-order valence-corrected chi connectivity index (χ1v) is 8.45. The number of rotatable bonds is 4. The lowest BCUT2D eigenvalue weighted by Crippen LogP contribution is -2.48. The van der Waals surface area contributed by atoms with Gasteiger partial charge in [-0.3, -0.25) is 4.79 Å². The van der Waals surface area contributed by atoms with Crippen LogP contribution < -0.4 is 5.32 Å². The van der Waals surface area contributed by atoms with Crippen LogP contribution in [0.3, 0.4) is 0 Å². The van der Waals surface area contributed by atoms with E-state index in [4.69, 9.17) is 0 Å². The third kappa shape index (κ3) is 5.03. The summed E-state index contributed by atoms with van der Waals surface area (Å²) in [6.07, 6.45) is 1.22. The van der Waals surface area contributed by atoms with E-state index in [0.29, 0.717) is 19.5 Å². The normalized spacial score (nSPS) is 17.0. The average molecular weight is 363 g/mol. The number of hydrogen-bond donors (Lipinski definition) is 1. The van der Waals surface area contributed by atoms with Crippen LogP contribution in [-0.4, -0.2) is 30.4 Å². The third-order valence-electron chi connectivity index (χ3n) is 4.51. The van der Waals surface area contributed by atoms with E-state index >= 15 is 0 Å². The second-order valence-electron chi connectivity index (χ2n) is 6.35.